The standard InChI is InChI=1S/C16H23NO2/c1-11-9-16(19-3)12(2)8-14(11)15(18)10-17-13-6-4-5-7-13/h8-9,13,17H,4-7,10H2,1-3H3. The number of ketones is 1. The minimum absolute atomic E-state index is 0.176. The van der Waals surface area contributed by atoms with Gasteiger partial charge >= 0.3 is 0 Å². The predicted octanol–water partition coefficient (Wildman–Crippen LogP) is 3.03. The van der Waals surface area contributed by atoms with Crippen LogP contribution in [-0.4, -0.2) is 25.5 Å². The van der Waals surface area contributed by atoms with Crippen LogP contribution in [0.25, 0.3) is 0 Å². The maximum Gasteiger partial charge on any atom is 0.176 e. The van der Waals surface area contributed by atoms with Crippen molar-refractivity contribution in [3.63, 3.8) is 0 Å². The first-order valence-corrected chi connectivity index (χ1v) is 7.03. The summed E-state index contributed by atoms with van der Waals surface area (Å²) in [5.41, 5.74) is 2.81. The number of benzene rings is 1. The first kappa shape index (κ1) is 14.1. The first-order valence-electron chi connectivity index (χ1n) is 7.03. The molecule has 2 rings (SSSR count). The van der Waals surface area contributed by atoms with Crippen molar-refractivity contribution in [2.24, 2.45) is 0 Å². The fraction of sp³-hybridized carbons (Fsp3) is 0.562. The lowest BCUT2D eigenvalue weighted by Gasteiger charge is -2.13. The molecule has 19 heavy (non-hydrogen) atoms. The quantitative estimate of drug-likeness (QED) is 0.828. The highest BCUT2D eigenvalue weighted by molar-refractivity contribution is 5.99. The van der Waals surface area contributed by atoms with Gasteiger partial charge < -0.3 is 10.1 Å². The van der Waals surface area contributed by atoms with E-state index in [1.54, 1.807) is 7.11 Å². The number of carbonyl (C=O) groups is 1. The molecule has 0 unspecified atom stereocenters. The summed E-state index contributed by atoms with van der Waals surface area (Å²) in [6.45, 7) is 4.38. The van der Waals surface area contributed by atoms with Gasteiger partial charge in [-0.2, -0.15) is 0 Å². The molecular weight excluding hydrogens is 238 g/mol. The second kappa shape index (κ2) is 6.20. The molecule has 1 aliphatic rings. The van der Waals surface area contributed by atoms with Gasteiger partial charge in [0, 0.05) is 11.6 Å². The van der Waals surface area contributed by atoms with E-state index < -0.39 is 0 Å². The van der Waals surface area contributed by atoms with Crippen molar-refractivity contribution in [3.05, 3.63) is 28.8 Å². The Labute approximate surface area is 115 Å². The highest BCUT2D eigenvalue weighted by atomic mass is 16.5. The zero-order valence-electron chi connectivity index (χ0n) is 12.1. The molecule has 0 aliphatic heterocycles. The molecule has 0 amide bonds. The molecule has 0 bridgehead atoms. The third-order valence-corrected chi connectivity index (χ3v) is 3.95. The molecule has 1 aromatic carbocycles. The predicted molar refractivity (Wildman–Crippen MR) is 77.1 cm³/mol. The minimum Gasteiger partial charge on any atom is -0.496 e. The van der Waals surface area contributed by atoms with Crippen LogP contribution in [0.2, 0.25) is 0 Å². The van der Waals surface area contributed by atoms with Crippen LogP contribution < -0.4 is 10.1 Å². The van der Waals surface area contributed by atoms with Crippen LogP contribution >= 0.6 is 0 Å². The summed E-state index contributed by atoms with van der Waals surface area (Å²) in [5, 5.41) is 3.37. The molecule has 1 aromatic rings. The summed E-state index contributed by atoms with van der Waals surface area (Å²) in [5.74, 6) is 1.02. The highest BCUT2D eigenvalue weighted by Gasteiger charge is 2.17. The number of methoxy groups -OCH3 is 1. The van der Waals surface area contributed by atoms with Gasteiger partial charge in [0.15, 0.2) is 5.78 Å². The second-order valence-corrected chi connectivity index (χ2v) is 5.42. The number of hydrogen-bond donors (Lipinski definition) is 1. The average Bonchev–Trinajstić information content (AvgIpc) is 2.91. The molecule has 1 fully saturated rings. The number of ether oxygens (including phenoxy) is 1. The van der Waals surface area contributed by atoms with Crippen molar-refractivity contribution in [1.82, 2.24) is 5.32 Å². The van der Waals surface area contributed by atoms with Crippen LogP contribution in [-0.2, 0) is 0 Å². The number of rotatable bonds is 5. The second-order valence-electron chi connectivity index (χ2n) is 5.42. The van der Waals surface area contributed by atoms with E-state index >= 15 is 0 Å². The summed E-state index contributed by atoms with van der Waals surface area (Å²) < 4.78 is 5.27. The Balaban J connectivity index is 2.03. The SMILES string of the molecule is COc1cc(C)c(C(=O)CNC2CCCC2)cc1C. The van der Waals surface area contributed by atoms with Crippen LogP contribution in [0.5, 0.6) is 5.75 Å². The molecule has 104 valence electrons. The van der Waals surface area contributed by atoms with Crippen LogP contribution in [0, 0.1) is 13.8 Å². The maximum atomic E-state index is 12.3. The van der Waals surface area contributed by atoms with Crippen LogP contribution in [0.4, 0.5) is 0 Å². The Morgan fingerprint density at radius 3 is 2.58 bits per heavy atom. The van der Waals surface area contributed by atoms with Crippen LogP contribution in [0.3, 0.4) is 0 Å². The van der Waals surface area contributed by atoms with E-state index in [1.165, 1.54) is 25.7 Å². The van der Waals surface area contributed by atoms with Gasteiger partial charge in [-0.3, -0.25) is 4.79 Å². The van der Waals surface area contributed by atoms with E-state index in [1.807, 2.05) is 26.0 Å². The van der Waals surface area contributed by atoms with E-state index in [2.05, 4.69) is 5.32 Å². The van der Waals surface area contributed by atoms with Crippen molar-refractivity contribution in [1.29, 1.82) is 0 Å². The van der Waals surface area contributed by atoms with Crippen LogP contribution in [0.15, 0.2) is 12.1 Å². The summed E-state index contributed by atoms with van der Waals surface area (Å²) in [6.07, 6.45) is 4.97. The van der Waals surface area contributed by atoms with Gasteiger partial charge in [0.05, 0.1) is 13.7 Å². The van der Waals surface area contributed by atoms with Gasteiger partial charge in [0.2, 0.25) is 0 Å². The van der Waals surface area contributed by atoms with E-state index in [0.29, 0.717) is 12.6 Å². The Hall–Kier alpha value is -1.35. The van der Waals surface area contributed by atoms with E-state index in [0.717, 1.165) is 22.4 Å². The van der Waals surface area contributed by atoms with Crippen molar-refractivity contribution in [2.75, 3.05) is 13.7 Å². The summed E-state index contributed by atoms with van der Waals surface area (Å²) in [7, 11) is 1.66. The van der Waals surface area contributed by atoms with Gasteiger partial charge in [0.1, 0.15) is 5.75 Å². The van der Waals surface area contributed by atoms with Crippen molar-refractivity contribution < 1.29 is 9.53 Å². The lowest BCUT2D eigenvalue weighted by molar-refractivity contribution is 0.0986. The normalized spacial score (nSPS) is 15.7. The van der Waals surface area contributed by atoms with E-state index in [4.69, 9.17) is 4.74 Å². The Morgan fingerprint density at radius 1 is 1.26 bits per heavy atom. The number of hydrogen-bond acceptors (Lipinski definition) is 3. The lowest BCUT2D eigenvalue weighted by Crippen LogP contribution is -2.31. The number of Topliss-reactive ketones (excluding diaryl/α,β-unsaturated/α-hetero) is 1. The average molecular weight is 261 g/mol. The molecule has 0 atom stereocenters. The monoisotopic (exact) mass is 261 g/mol. The Kier molecular flexibility index (Phi) is 4.59. The van der Waals surface area contributed by atoms with Crippen LogP contribution in [0.1, 0.15) is 47.2 Å². The summed E-state index contributed by atoms with van der Waals surface area (Å²) >= 11 is 0. The van der Waals surface area contributed by atoms with Crippen molar-refractivity contribution >= 4 is 5.78 Å². The molecule has 1 N–H and O–H groups in total. The molecule has 0 radical (unpaired) electrons. The highest BCUT2D eigenvalue weighted by Crippen LogP contribution is 2.23. The van der Waals surface area contributed by atoms with Gasteiger partial charge in [0.25, 0.3) is 0 Å². The first-order chi connectivity index (χ1) is 9.11. The topological polar surface area (TPSA) is 38.3 Å². The van der Waals surface area contributed by atoms with Gasteiger partial charge in [-0.1, -0.05) is 12.8 Å². The van der Waals surface area contributed by atoms with Gasteiger partial charge in [-0.25, -0.2) is 0 Å². The minimum atomic E-state index is 0.176. The largest absolute Gasteiger partial charge is 0.496 e. The molecule has 0 aromatic heterocycles. The third kappa shape index (κ3) is 3.35. The fourth-order valence-electron chi connectivity index (χ4n) is 2.77. The van der Waals surface area contributed by atoms with Gasteiger partial charge in [-0.15, -0.1) is 0 Å². The molecule has 1 saturated carbocycles. The zero-order valence-corrected chi connectivity index (χ0v) is 12.1. The molecule has 0 saturated heterocycles. The summed E-state index contributed by atoms with van der Waals surface area (Å²) in [6, 6.07) is 4.41. The smallest absolute Gasteiger partial charge is 0.176 e. The Morgan fingerprint density at radius 2 is 1.95 bits per heavy atom. The molecule has 3 heteroatoms. The maximum absolute atomic E-state index is 12.3. The number of aryl methyl sites for hydroxylation is 2. The number of nitrogens with one attached hydrogen (secondary N) is 1. The molecule has 0 heterocycles. The summed E-state index contributed by atoms with van der Waals surface area (Å²) in [4.78, 5) is 12.3. The third-order valence-electron chi connectivity index (χ3n) is 3.95. The zero-order chi connectivity index (χ0) is 13.8. The molecule has 3 nitrogen and oxygen atoms in total. The van der Waals surface area contributed by atoms with Gasteiger partial charge in [-0.05, 0) is 49.9 Å². The van der Waals surface area contributed by atoms with Crippen molar-refractivity contribution in [3.8, 4) is 5.75 Å². The Bertz CT molecular complexity index is 462. The number of carbonyl (C=O) groups excluding carboxylic acids is 1. The molecule has 1 aliphatic carbocycles. The van der Waals surface area contributed by atoms with E-state index in [-0.39, 0.29) is 5.78 Å². The fourth-order valence-corrected chi connectivity index (χ4v) is 2.77. The van der Waals surface area contributed by atoms with E-state index in [9.17, 15) is 4.79 Å². The molecular formula is C16H23NO2. The molecule has 0 spiro atoms. The van der Waals surface area contributed by atoms with Crippen molar-refractivity contribution in [2.45, 2.75) is 45.6 Å². The lowest BCUT2D eigenvalue weighted by atomic mass is 10.0.